The molecule has 0 amide bonds. The third-order valence-corrected chi connectivity index (χ3v) is 4.38. The Kier molecular flexibility index (Phi) is 4.27. The average Bonchev–Trinajstić information content (AvgIpc) is 3.11. The Bertz CT molecular complexity index is 570. The van der Waals surface area contributed by atoms with Gasteiger partial charge >= 0.3 is 0 Å². The highest BCUT2D eigenvalue weighted by Crippen LogP contribution is 2.42. The Morgan fingerprint density at radius 3 is 2.86 bits per heavy atom. The van der Waals surface area contributed by atoms with Crippen LogP contribution < -0.4 is 0 Å². The first-order valence-electron chi connectivity index (χ1n) is 7.48. The van der Waals surface area contributed by atoms with Gasteiger partial charge in [-0.15, -0.1) is 0 Å². The second-order valence-corrected chi connectivity index (χ2v) is 6.10. The molecule has 0 bridgehead atoms. The van der Waals surface area contributed by atoms with Gasteiger partial charge in [0.1, 0.15) is 18.3 Å². The van der Waals surface area contributed by atoms with Gasteiger partial charge in [-0.2, -0.15) is 5.10 Å². The highest BCUT2D eigenvalue weighted by atomic mass is 35.5. The van der Waals surface area contributed by atoms with Crippen LogP contribution in [0.2, 0.25) is 5.02 Å². The van der Waals surface area contributed by atoms with Crippen LogP contribution in [-0.4, -0.2) is 20.9 Å². The van der Waals surface area contributed by atoms with Gasteiger partial charge in [0.15, 0.2) is 0 Å². The van der Waals surface area contributed by atoms with E-state index in [1.54, 1.807) is 12.7 Å². The highest BCUT2D eigenvalue weighted by molar-refractivity contribution is 6.30. The molecular weight excluding hydrogens is 286 g/mol. The lowest BCUT2D eigenvalue weighted by Crippen LogP contribution is -2.32. The first-order valence-corrected chi connectivity index (χ1v) is 7.86. The van der Waals surface area contributed by atoms with Gasteiger partial charge in [-0.3, -0.25) is 0 Å². The number of hydrogen-bond donors (Lipinski definition) is 0. The molecule has 2 aromatic rings. The van der Waals surface area contributed by atoms with Gasteiger partial charge < -0.3 is 4.74 Å². The van der Waals surface area contributed by atoms with Crippen LogP contribution in [0.25, 0.3) is 0 Å². The Hall–Kier alpha value is -1.39. The van der Waals surface area contributed by atoms with E-state index in [1.165, 1.54) is 5.56 Å². The van der Waals surface area contributed by atoms with Crippen molar-refractivity contribution in [2.45, 2.75) is 50.9 Å². The molecule has 112 valence electrons. The molecule has 0 spiro atoms. The predicted molar refractivity (Wildman–Crippen MR) is 82.2 cm³/mol. The topological polar surface area (TPSA) is 39.9 Å². The summed E-state index contributed by atoms with van der Waals surface area (Å²) in [6.45, 7) is 2.89. The molecule has 21 heavy (non-hydrogen) atoms. The molecule has 1 aromatic carbocycles. The molecule has 1 aliphatic heterocycles. The van der Waals surface area contributed by atoms with E-state index in [0.717, 1.165) is 30.7 Å². The zero-order chi connectivity index (χ0) is 14.7. The van der Waals surface area contributed by atoms with Crippen molar-refractivity contribution in [2.75, 3.05) is 0 Å². The minimum absolute atomic E-state index is 0.321. The summed E-state index contributed by atoms with van der Waals surface area (Å²) in [7, 11) is 0. The van der Waals surface area contributed by atoms with E-state index >= 15 is 0 Å². The maximum atomic E-state index is 6.46. The van der Waals surface area contributed by atoms with Gasteiger partial charge in [-0.05, 0) is 37.0 Å². The minimum Gasteiger partial charge on any atom is -0.365 e. The van der Waals surface area contributed by atoms with E-state index in [4.69, 9.17) is 16.3 Å². The summed E-state index contributed by atoms with van der Waals surface area (Å²) in [5.41, 5.74) is 0.846. The predicted octanol–water partition coefficient (Wildman–Crippen LogP) is 3.81. The molecule has 0 aliphatic carbocycles. The molecule has 2 atom stereocenters. The fraction of sp³-hybridized carbons (Fsp3) is 0.500. The summed E-state index contributed by atoms with van der Waals surface area (Å²) in [5.74, 6) is 0. The van der Waals surface area contributed by atoms with Gasteiger partial charge in [0.2, 0.25) is 0 Å². The van der Waals surface area contributed by atoms with Gasteiger partial charge in [-0.25, -0.2) is 9.67 Å². The van der Waals surface area contributed by atoms with Crippen molar-refractivity contribution in [1.82, 2.24) is 14.8 Å². The van der Waals surface area contributed by atoms with Crippen LogP contribution in [-0.2, 0) is 16.9 Å². The number of halogens is 1. The van der Waals surface area contributed by atoms with Crippen LogP contribution >= 0.6 is 11.6 Å². The van der Waals surface area contributed by atoms with Crippen LogP contribution in [0.15, 0.2) is 36.9 Å². The van der Waals surface area contributed by atoms with Crippen molar-refractivity contribution in [2.24, 2.45) is 0 Å². The van der Waals surface area contributed by atoms with Crippen LogP contribution in [0.4, 0.5) is 0 Å². The minimum atomic E-state index is -0.321. The summed E-state index contributed by atoms with van der Waals surface area (Å²) in [4.78, 5) is 4.03. The molecule has 2 heterocycles. The third-order valence-electron chi connectivity index (χ3n) is 4.13. The normalized spacial score (nSPS) is 25.3. The number of rotatable bonds is 5. The highest BCUT2D eigenvalue weighted by Gasteiger charge is 2.42. The van der Waals surface area contributed by atoms with Crippen molar-refractivity contribution in [3.8, 4) is 0 Å². The lowest BCUT2D eigenvalue weighted by atomic mass is 9.90. The van der Waals surface area contributed by atoms with E-state index in [0.29, 0.717) is 12.6 Å². The lowest BCUT2D eigenvalue weighted by molar-refractivity contribution is -0.0616. The lowest BCUT2D eigenvalue weighted by Gasteiger charge is -2.30. The average molecular weight is 306 g/mol. The maximum Gasteiger partial charge on any atom is 0.137 e. The largest absolute Gasteiger partial charge is 0.365 e. The van der Waals surface area contributed by atoms with Crippen molar-refractivity contribution in [3.63, 3.8) is 0 Å². The molecule has 0 saturated carbocycles. The molecule has 4 nitrogen and oxygen atoms in total. The Labute approximate surface area is 130 Å². The van der Waals surface area contributed by atoms with Crippen molar-refractivity contribution in [1.29, 1.82) is 0 Å². The number of nitrogens with zero attached hydrogens (tertiary/aromatic N) is 3. The third kappa shape index (κ3) is 3.11. The molecule has 3 rings (SSSR count). The van der Waals surface area contributed by atoms with E-state index in [2.05, 4.69) is 29.1 Å². The van der Waals surface area contributed by atoms with Gasteiger partial charge in [0.05, 0.1) is 12.6 Å². The quantitative estimate of drug-likeness (QED) is 0.843. The second-order valence-electron chi connectivity index (χ2n) is 5.66. The fourth-order valence-corrected chi connectivity index (χ4v) is 3.23. The van der Waals surface area contributed by atoms with E-state index in [-0.39, 0.29) is 5.60 Å². The molecule has 0 radical (unpaired) electrons. The van der Waals surface area contributed by atoms with E-state index in [1.807, 2.05) is 16.8 Å². The Morgan fingerprint density at radius 1 is 1.38 bits per heavy atom. The first kappa shape index (κ1) is 14.5. The molecule has 1 fully saturated rings. The fourth-order valence-electron chi connectivity index (χ4n) is 3.11. The molecule has 1 aliphatic rings. The van der Waals surface area contributed by atoms with E-state index in [9.17, 15) is 0 Å². The molecule has 1 saturated heterocycles. The Morgan fingerprint density at radius 2 is 2.19 bits per heavy atom. The summed E-state index contributed by atoms with van der Waals surface area (Å²) >= 11 is 6.02. The number of hydrogen-bond acceptors (Lipinski definition) is 3. The number of ether oxygens (including phenoxy) is 1. The van der Waals surface area contributed by atoms with Crippen LogP contribution in [0.3, 0.4) is 0 Å². The smallest absolute Gasteiger partial charge is 0.137 e. The number of aromatic nitrogens is 3. The molecular formula is C16H20ClN3O. The van der Waals surface area contributed by atoms with Crippen molar-refractivity contribution < 1.29 is 4.74 Å². The summed E-state index contributed by atoms with van der Waals surface area (Å²) in [6.07, 6.45) is 7.97. The van der Waals surface area contributed by atoms with Crippen LogP contribution in [0.1, 0.15) is 38.2 Å². The van der Waals surface area contributed by atoms with E-state index < -0.39 is 0 Å². The monoisotopic (exact) mass is 305 g/mol. The molecule has 0 N–H and O–H groups in total. The summed E-state index contributed by atoms with van der Waals surface area (Å²) < 4.78 is 8.31. The second kappa shape index (κ2) is 6.16. The first-order chi connectivity index (χ1) is 10.2. The molecule has 2 unspecified atom stereocenters. The van der Waals surface area contributed by atoms with Crippen LogP contribution in [0, 0.1) is 0 Å². The molecule has 5 heteroatoms. The summed E-state index contributed by atoms with van der Waals surface area (Å²) in [6, 6.07) is 7.98. The van der Waals surface area contributed by atoms with Gasteiger partial charge in [0, 0.05) is 5.02 Å². The van der Waals surface area contributed by atoms with Crippen LogP contribution in [0.5, 0.6) is 0 Å². The maximum absolute atomic E-state index is 6.46. The SMILES string of the molecule is CCCC1CCC(Cn2cncn2)(c2ccc(Cl)cc2)O1. The van der Waals surface area contributed by atoms with Crippen molar-refractivity contribution >= 4 is 11.6 Å². The summed E-state index contributed by atoms with van der Waals surface area (Å²) in [5, 5.41) is 4.99. The van der Waals surface area contributed by atoms with Crippen molar-refractivity contribution in [3.05, 3.63) is 47.5 Å². The Balaban J connectivity index is 1.89. The van der Waals surface area contributed by atoms with Gasteiger partial charge in [-0.1, -0.05) is 37.1 Å². The standard InChI is InChI=1S/C16H20ClN3O/c1-2-3-15-8-9-16(21-15,10-20-12-18-11-19-20)13-4-6-14(17)7-5-13/h4-7,11-12,15H,2-3,8-10H2,1H3. The number of benzene rings is 1. The zero-order valence-corrected chi connectivity index (χ0v) is 13.0. The van der Waals surface area contributed by atoms with Gasteiger partial charge in [0.25, 0.3) is 0 Å². The molecule has 1 aromatic heterocycles. The zero-order valence-electron chi connectivity index (χ0n) is 12.2.